The maximum atomic E-state index is 12.3. The molecule has 1 atom stereocenters. The van der Waals surface area contributed by atoms with Crippen molar-refractivity contribution in [3.63, 3.8) is 0 Å². The molecule has 36 heavy (non-hydrogen) atoms. The summed E-state index contributed by atoms with van der Waals surface area (Å²) in [6.07, 6.45) is 3.83. The maximum Gasteiger partial charge on any atom is 0.261 e. The third kappa shape index (κ3) is 5.31. The number of hydrogen-bond donors (Lipinski definition) is 3. The minimum absolute atomic E-state index is 0.0747. The predicted molar refractivity (Wildman–Crippen MR) is 135 cm³/mol. The third-order valence-electron chi connectivity index (χ3n) is 5.60. The molecule has 12 heteroatoms. The second-order valence-electron chi connectivity index (χ2n) is 8.12. The quantitative estimate of drug-likeness (QED) is 0.341. The van der Waals surface area contributed by atoms with Gasteiger partial charge in [0.1, 0.15) is 23.2 Å². The van der Waals surface area contributed by atoms with Gasteiger partial charge in [0.25, 0.3) is 11.5 Å². The highest BCUT2D eigenvalue weighted by Crippen LogP contribution is 2.30. The lowest BCUT2D eigenvalue weighted by Gasteiger charge is -2.24. The zero-order valence-electron chi connectivity index (χ0n) is 18.9. The van der Waals surface area contributed by atoms with Crippen molar-refractivity contribution in [1.82, 2.24) is 30.6 Å². The normalized spacial score (nSPS) is 15.4. The van der Waals surface area contributed by atoms with Crippen LogP contribution in [0.15, 0.2) is 59.7 Å². The third-order valence-corrected chi connectivity index (χ3v) is 6.83. The molecule has 1 aliphatic rings. The number of ether oxygens (including phenoxy) is 1. The first-order valence-electron chi connectivity index (χ1n) is 11.2. The lowest BCUT2D eigenvalue weighted by atomic mass is 10.1. The molecule has 10 nitrogen and oxygen atoms in total. The molecule has 0 saturated carbocycles. The fraction of sp³-hybridized carbons (Fsp3) is 0.208. The van der Waals surface area contributed by atoms with E-state index in [0.29, 0.717) is 50.4 Å². The number of rotatable bonds is 7. The average Bonchev–Trinajstić information content (AvgIpc) is 3.52. The van der Waals surface area contributed by atoms with E-state index in [2.05, 4.69) is 25.9 Å². The maximum absolute atomic E-state index is 12.3. The highest BCUT2D eigenvalue weighted by molar-refractivity contribution is 7.17. The SMILES string of the molecule is O=C1CC(Oc2cc(-c3ccc[nH]c3=O)ccc2-n2cc(CNC(=O)c3ccc(Cl)s3)nn2)CCN1. The highest BCUT2D eigenvalue weighted by Gasteiger charge is 2.23. The molecule has 0 aliphatic carbocycles. The Labute approximate surface area is 214 Å². The number of benzene rings is 1. The van der Waals surface area contributed by atoms with Gasteiger partial charge < -0.3 is 20.4 Å². The van der Waals surface area contributed by atoms with Crippen LogP contribution < -0.4 is 20.9 Å². The van der Waals surface area contributed by atoms with Crippen molar-refractivity contribution in [1.29, 1.82) is 0 Å². The average molecular weight is 525 g/mol. The monoisotopic (exact) mass is 524 g/mol. The summed E-state index contributed by atoms with van der Waals surface area (Å²) in [5, 5.41) is 14.0. The number of halogens is 1. The number of pyridine rings is 1. The number of hydrogen-bond acceptors (Lipinski definition) is 7. The number of amides is 2. The van der Waals surface area contributed by atoms with Crippen LogP contribution in [0.3, 0.4) is 0 Å². The van der Waals surface area contributed by atoms with E-state index < -0.39 is 0 Å². The van der Waals surface area contributed by atoms with Crippen LogP contribution in [-0.2, 0) is 11.3 Å². The summed E-state index contributed by atoms with van der Waals surface area (Å²) < 4.78 is 8.32. The fourth-order valence-electron chi connectivity index (χ4n) is 3.84. The molecule has 3 N–H and O–H groups in total. The van der Waals surface area contributed by atoms with Gasteiger partial charge in [0.15, 0.2) is 0 Å². The molecule has 4 heterocycles. The van der Waals surface area contributed by atoms with Crippen molar-refractivity contribution in [2.75, 3.05) is 6.54 Å². The van der Waals surface area contributed by atoms with E-state index in [1.807, 2.05) is 0 Å². The molecule has 5 rings (SSSR count). The molecule has 1 saturated heterocycles. The molecular formula is C24H21ClN6O4S. The van der Waals surface area contributed by atoms with Crippen molar-refractivity contribution in [3.8, 4) is 22.6 Å². The van der Waals surface area contributed by atoms with Crippen molar-refractivity contribution < 1.29 is 14.3 Å². The van der Waals surface area contributed by atoms with Gasteiger partial charge in [0.05, 0.1) is 28.4 Å². The van der Waals surface area contributed by atoms with Gasteiger partial charge in [-0.25, -0.2) is 4.68 Å². The summed E-state index contributed by atoms with van der Waals surface area (Å²) in [6.45, 7) is 0.699. The molecule has 184 valence electrons. The van der Waals surface area contributed by atoms with E-state index in [4.69, 9.17) is 16.3 Å². The van der Waals surface area contributed by atoms with Gasteiger partial charge >= 0.3 is 0 Å². The zero-order chi connectivity index (χ0) is 25.1. The van der Waals surface area contributed by atoms with Crippen LogP contribution in [0.2, 0.25) is 4.34 Å². The molecule has 0 spiro atoms. The second-order valence-corrected chi connectivity index (χ2v) is 9.83. The summed E-state index contributed by atoms with van der Waals surface area (Å²) in [5.41, 5.74) is 2.06. The predicted octanol–water partition coefficient (Wildman–Crippen LogP) is 2.92. The first kappa shape index (κ1) is 23.8. The Bertz CT molecular complexity index is 1480. The molecule has 3 aromatic heterocycles. The summed E-state index contributed by atoms with van der Waals surface area (Å²) >= 11 is 7.10. The van der Waals surface area contributed by atoms with Crippen molar-refractivity contribution in [2.45, 2.75) is 25.5 Å². The molecule has 1 aliphatic heterocycles. The number of carbonyl (C=O) groups excluding carboxylic acids is 2. The molecule has 1 fully saturated rings. The van der Waals surface area contributed by atoms with Crippen LogP contribution in [-0.4, -0.2) is 44.4 Å². The van der Waals surface area contributed by atoms with Gasteiger partial charge in [-0.15, -0.1) is 16.4 Å². The Hall–Kier alpha value is -3.96. The van der Waals surface area contributed by atoms with Crippen LogP contribution >= 0.6 is 22.9 Å². The number of nitrogens with one attached hydrogen (secondary N) is 3. The van der Waals surface area contributed by atoms with Gasteiger partial charge in [0.2, 0.25) is 5.91 Å². The Morgan fingerprint density at radius 3 is 2.92 bits per heavy atom. The zero-order valence-corrected chi connectivity index (χ0v) is 20.4. The van der Waals surface area contributed by atoms with E-state index in [1.165, 1.54) is 11.3 Å². The minimum Gasteiger partial charge on any atom is -0.488 e. The van der Waals surface area contributed by atoms with Crippen LogP contribution in [0, 0.1) is 0 Å². The Morgan fingerprint density at radius 1 is 1.25 bits per heavy atom. The Balaban J connectivity index is 1.41. The van der Waals surface area contributed by atoms with Gasteiger partial charge in [-0.05, 0) is 42.0 Å². The molecule has 4 aromatic rings. The van der Waals surface area contributed by atoms with E-state index >= 15 is 0 Å². The van der Waals surface area contributed by atoms with Crippen molar-refractivity contribution in [2.24, 2.45) is 0 Å². The van der Waals surface area contributed by atoms with Crippen molar-refractivity contribution >= 4 is 34.8 Å². The number of H-pyrrole nitrogens is 1. The van der Waals surface area contributed by atoms with E-state index in [0.717, 1.165) is 0 Å². The van der Waals surface area contributed by atoms with E-state index in [-0.39, 0.29) is 36.4 Å². The van der Waals surface area contributed by atoms with E-state index in [9.17, 15) is 14.4 Å². The standard InChI is InChI=1S/C24H21ClN6O4S/c25-21-6-5-20(36-21)24(34)28-12-15-13-31(30-29-15)18-4-3-14(17-2-1-8-27-23(17)33)10-19(18)35-16-7-9-26-22(32)11-16/h1-6,8,10,13,16H,7,9,11-12H2,(H,26,32)(H,27,33)(H,28,34). The first-order chi connectivity index (χ1) is 17.5. The molecular weight excluding hydrogens is 504 g/mol. The van der Waals surface area contributed by atoms with Gasteiger partial charge in [-0.1, -0.05) is 22.9 Å². The number of carbonyl (C=O) groups is 2. The topological polar surface area (TPSA) is 131 Å². The summed E-state index contributed by atoms with van der Waals surface area (Å²) in [4.78, 5) is 39.7. The van der Waals surface area contributed by atoms with Crippen LogP contribution in [0.1, 0.15) is 28.2 Å². The summed E-state index contributed by atoms with van der Waals surface area (Å²) in [7, 11) is 0. The molecule has 2 amide bonds. The van der Waals surface area contributed by atoms with Gasteiger partial charge in [0, 0.05) is 24.7 Å². The molecule has 1 aromatic carbocycles. The lowest BCUT2D eigenvalue weighted by Crippen LogP contribution is -2.38. The van der Waals surface area contributed by atoms with Gasteiger partial charge in [-0.3, -0.25) is 14.4 Å². The highest BCUT2D eigenvalue weighted by atomic mass is 35.5. The van der Waals surface area contributed by atoms with Crippen LogP contribution in [0.5, 0.6) is 5.75 Å². The number of piperidine rings is 1. The summed E-state index contributed by atoms with van der Waals surface area (Å²) in [6, 6.07) is 12.1. The largest absolute Gasteiger partial charge is 0.488 e. The molecule has 0 radical (unpaired) electrons. The Kier molecular flexibility index (Phi) is 6.83. The minimum atomic E-state index is -0.318. The van der Waals surface area contributed by atoms with Gasteiger partial charge in [-0.2, -0.15) is 0 Å². The number of aromatic amines is 1. The van der Waals surface area contributed by atoms with E-state index in [1.54, 1.807) is 59.5 Å². The second kappa shape index (κ2) is 10.3. The summed E-state index contributed by atoms with van der Waals surface area (Å²) in [5.74, 6) is 0.136. The number of nitrogens with zero attached hydrogens (tertiary/aromatic N) is 3. The van der Waals surface area contributed by atoms with Crippen LogP contribution in [0.4, 0.5) is 0 Å². The Morgan fingerprint density at radius 2 is 2.14 bits per heavy atom. The van der Waals surface area contributed by atoms with Crippen molar-refractivity contribution in [3.05, 3.63) is 80.1 Å². The smallest absolute Gasteiger partial charge is 0.261 e. The number of aromatic nitrogens is 4. The molecule has 0 bridgehead atoms. The first-order valence-corrected chi connectivity index (χ1v) is 12.4. The molecule has 1 unspecified atom stereocenters. The lowest BCUT2D eigenvalue weighted by molar-refractivity contribution is -0.124. The van der Waals surface area contributed by atoms with Crippen LogP contribution in [0.25, 0.3) is 16.8 Å². The fourth-order valence-corrected chi connectivity index (χ4v) is 4.80. The number of thiophene rings is 1.